The molecule has 4 aromatic heterocycles. The molecule has 0 aliphatic carbocycles. The molecule has 0 spiro atoms. The van der Waals surface area contributed by atoms with Crippen LogP contribution >= 0.6 is 0 Å². The molecular formula is C40H28N6O. The van der Waals surface area contributed by atoms with E-state index in [1.165, 1.54) is 0 Å². The molecule has 0 bridgehead atoms. The van der Waals surface area contributed by atoms with Gasteiger partial charge in [-0.3, -0.25) is 9.55 Å². The molecule has 47 heavy (non-hydrogen) atoms. The Kier molecular flexibility index (Phi) is 7.01. The lowest BCUT2D eigenvalue weighted by Gasteiger charge is -2.11. The highest BCUT2D eigenvalue weighted by atomic mass is 16.5. The lowest BCUT2D eigenvalue weighted by Crippen LogP contribution is -2.02. The smallest absolute Gasteiger partial charge is 0.257 e. The van der Waals surface area contributed by atoms with Gasteiger partial charge in [-0.2, -0.15) is 5.10 Å². The van der Waals surface area contributed by atoms with Crippen LogP contribution in [0.15, 0.2) is 140 Å². The van der Waals surface area contributed by atoms with Gasteiger partial charge in [0.15, 0.2) is 0 Å². The number of hydrogen-bond acceptors (Lipinski definition) is 4. The molecule has 0 aliphatic heterocycles. The van der Waals surface area contributed by atoms with Crippen molar-refractivity contribution in [3.05, 3.63) is 163 Å². The van der Waals surface area contributed by atoms with E-state index in [-0.39, 0.29) is 6.54 Å². The van der Waals surface area contributed by atoms with E-state index >= 15 is 0 Å². The van der Waals surface area contributed by atoms with Crippen LogP contribution in [0.5, 0.6) is 11.5 Å². The van der Waals surface area contributed by atoms with E-state index in [1.807, 2.05) is 77.6 Å². The SMILES string of the molecule is [C-]#[N+]Cc1c(-c2ccccc2)c(-c2ccncc2)nn1-c1cccc(Oc2ccc3c4ccccc4n(-c4cc(C)ccn4)c3c2)c1. The molecule has 0 atom stereocenters. The van der Waals surface area contributed by atoms with Gasteiger partial charge in [0.2, 0.25) is 0 Å². The zero-order valence-electron chi connectivity index (χ0n) is 25.6. The van der Waals surface area contributed by atoms with E-state index in [1.54, 1.807) is 12.4 Å². The van der Waals surface area contributed by atoms with Crippen molar-refractivity contribution in [3.63, 3.8) is 0 Å². The lowest BCUT2D eigenvalue weighted by atomic mass is 9.99. The summed E-state index contributed by atoms with van der Waals surface area (Å²) in [5.41, 5.74) is 8.53. The molecule has 0 saturated heterocycles. The average Bonchev–Trinajstić information content (AvgIpc) is 3.65. The third kappa shape index (κ3) is 5.08. The fraction of sp³-hybridized carbons (Fsp3) is 0.0500. The minimum absolute atomic E-state index is 0.168. The zero-order chi connectivity index (χ0) is 31.7. The number of aromatic nitrogens is 5. The molecule has 0 aliphatic rings. The Labute approximate surface area is 271 Å². The summed E-state index contributed by atoms with van der Waals surface area (Å²) >= 11 is 0. The highest BCUT2D eigenvalue weighted by molar-refractivity contribution is 6.09. The molecule has 4 heterocycles. The summed E-state index contributed by atoms with van der Waals surface area (Å²) in [6, 6.07) is 40.5. The van der Waals surface area contributed by atoms with E-state index in [4.69, 9.17) is 21.4 Å². The highest BCUT2D eigenvalue weighted by Gasteiger charge is 2.24. The van der Waals surface area contributed by atoms with Crippen LogP contribution in [0.1, 0.15) is 11.3 Å². The van der Waals surface area contributed by atoms with Crippen LogP contribution in [-0.2, 0) is 6.54 Å². The molecular weight excluding hydrogens is 580 g/mol. The van der Waals surface area contributed by atoms with Crippen molar-refractivity contribution in [1.82, 2.24) is 24.3 Å². The fourth-order valence-electron chi connectivity index (χ4n) is 6.23. The van der Waals surface area contributed by atoms with Gasteiger partial charge in [-0.15, -0.1) is 0 Å². The predicted octanol–water partition coefficient (Wildman–Crippen LogP) is 9.61. The van der Waals surface area contributed by atoms with E-state index in [2.05, 4.69) is 75.9 Å². The minimum Gasteiger partial charge on any atom is -0.457 e. The molecule has 8 aromatic rings. The van der Waals surface area contributed by atoms with Crippen LogP contribution in [0.3, 0.4) is 0 Å². The van der Waals surface area contributed by atoms with Crippen molar-refractivity contribution in [2.24, 2.45) is 0 Å². The van der Waals surface area contributed by atoms with Gasteiger partial charge in [0.25, 0.3) is 6.54 Å². The van der Waals surface area contributed by atoms with E-state index in [0.29, 0.717) is 11.5 Å². The zero-order valence-corrected chi connectivity index (χ0v) is 25.6. The number of nitrogens with zero attached hydrogens (tertiary/aromatic N) is 6. The highest BCUT2D eigenvalue weighted by Crippen LogP contribution is 2.38. The van der Waals surface area contributed by atoms with Gasteiger partial charge in [-0.1, -0.05) is 54.6 Å². The first-order valence-corrected chi connectivity index (χ1v) is 15.3. The molecule has 0 amide bonds. The van der Waals surface area contributed by atoms with Gasteiger partial charge in [0.1, 0.15) is 28.7 Å². The maximum absolute atomic E-state index is 7.80. The van der Waals surface area contributed by atoms with Crippen LogP contribution in [0.25, 0.3) is 60.5 Å². The van der Waals surface area contributed by atoms with E-state index < -0.39 is 0 Å². The van der Waals surface area contributed by atoms with Crippen LogP contribution in [0.2, 0.25) is 0 Å². The molecule has 0 saturated carbocycles. The predicted molar refractivity (Wildman–Crippen MR) is 186 cm³/mol. The number of pyridine rings is 2. The van der Waals surface area contributed by atoms with Crippen LogP contribution in [0.4, 0.5) is 0 Å². The molecule has 0 fully saturated rings. The van der Waals surface area contributed by atoms with Crippen molar-refractivity contribution in [2.75, 3.05) is 0 Å². The molecule has 0 radical (unpaired) electrons. The van der Waals surface area contributed by atoms with Gasteiger partial charge in [-0.05, 0) is 72.6 Å². The fourth-order valence-corrected chi connectivity index (χ4v) is 6.23. The Morgan fingerprint density at radius 2 is 1.49 bits per heavy atom. The van der Waals surface area contributed by atoms with Gasteiger partial charge in [0.05, 0.1) is 16.7 Å². The molecule has 7 nitrogen and oxygen atoms in total. The second-order valence-corrected chi connectivity index (χ2v) is 11.3. The van der Waals surface area contributed by atoms with Gasteiger partial charge >= 0.3 is 0 Å². The number of rotatable bonds is 7. The topological polar surface area (TPSA) is 62.1 Å². The number of benzene rings is 4. The lowest BCUT2D eigenvalue weighted by molar-refractivity contribution is 0.482. The van der Waals surface area contributed by atoms with Crippen molar-refractivity contribution >= 4 is 21.8 Å². The second-order valence-electron chi connectivity index (χ2n) is 11.3. The summed E-state index contributed by atoms with van der Waals surface area (Å²) in [4.78, 5) is 12.7. The Bertz CT molecular complexity index is 2440. The number of fused-ring (bicyclic) bond motifs is 3. The first-order valence-electron chi connectivity index (χ1n) is 15.3. The summed E-state index contributed by atoms with van der Waals surface area (Å²) in [6.45, 7) is 10.0. The quantitative estimate of drug-likeness (QED) is 0.169. The van der Waals surface area contributed by atoms with E-state index in [0.717, 1.165) is 67.0 Å². The van der Waals surface area contributed by atoms with Gasteiger partial charge < -0.3 is 9.58 Å². The number of para-hydroxylation sites is 1. The van der Waals surface area contributed by atoms with E-state index in [9.17, 15) is 0 Å². The van der Waals surface area contributed by atoms with Crippen molar-refractivity contribution in [2.45, 2.75) is 13.5 Å². The summed E-state index contributed by atoms with van der Waals surface area (Å²) in [5, 5.41) is 7.38. The largest absolute Gasteiger partial charge is 0.457 e. The third-order valence-corrected chi connectivity index (χ3v) is 8.30. The van der Waals surface area contributed by atoms with Crippen LogP contribution in [-0.4, -0.2) is 24.3 Å². The average molecular weight is 609 g/mol. The third-order valence-electron chi connectivity index (χ3n) is 8.30. The van der Waals surface area contributed by atoms with Gasteiger partial charge in [0, 0.05) is 52.6 Å². The first kappa shape index (κ1) is 28.0. The molecule has 7 heteroatoms. The number of hydrogen-bond donors (Lipinski definition) is 0. The first-order chi connectivity index (χ1) is 23.2. The molecule has 0 unspecified atom stereocenters. The Morgan fingerprint density at radius 3 is 2.32 bits per heavy atom. The second kappa shape index (κ2) is 11.8. The monoisotopic (exact) mass is 608 g/mol. The number of ether oxygens (including phenoxy) is 1. The van der Waals surface area contributed by atoms with Crippen molar-refractivity contribution in [3.8, 4) is 45.4 Å². The molecule has 0 N–H and O–H groups in total. The summed E-state index contributed by atoms with van der Waals surface area (Å²) < 4.78 is 10.6. The Hall–Kier alpha value is -6.52. The number of aryl methyl sites for hydroxylation is 1. The van der Waals surface area contributed by atoms with Crippen molar-refractivity contribution in [1.29, 1.82) is 0 Å². The summed E-state index contributed by atoms with van der Waals surface area (Å²) in [6.07, 6.45) is 5.37. The maximum Gasteiger partial charge on any atom is 0.257 e. The Morgan fingerprint density at radius 1 is 0.702 bits per heavy atom. The van der Waals surface area contributed by atoms with Crippen LogP contribution in [0, 0.1) is 13.5 Å². The molecule has 8 rings (SSSR count). The van der Waals surface area contributed by atoms with Gasteiger partial charge in [-0.25, -0.2) is 16.2 Å². The Balaban J connectivity index is 1.23. The standard InChI is InChI=1S/C40H28N6O/c1-27-17-22-43-38(23-27)45-35-14-7-6-13-33(35)34-16-15-32(25-36(34)45)47-31-12-8-11-30(24-31)46-37(26-41-2)39(28-9-4-3-5-10-28)40(44-46)29-18-20-42-21-19-29/h3-25H,26H2,1H3. The summed E-state index contributed by atoms with van der Waals surface area (Å²) in [7, 11) is 0. The normalized spacial score (nSPS) is 11.1. The minimum atomic E-state index is 0.168. The molecule has 224 valence electrons. The maximum atomic E-state index is 7.80. The van der Waals surface area contributed by atoms with Crippen LogP contribution < -0.4 is 4.74 Å². The van der Waals surface area contributed by atoms with Crippen molar-refractivity contribution < 1.29 is 4.74 Å². The molecule has 4 aromatic carbocycles. The summed E-state index contributed by atoms with van der Waals surface area (Å²) in [5.74, 6) is 2.23.